The van der Waals surface area contributed by atoms with E-state index in [-0.39, 0.29) is 0 Å². The zero-order valence-corrected chi connectivity index (χ0v) is 9.61. The first-order valence-corrected chi connectivity index (χ1v) is 5.39. The van der Waals surface area contributed by atoms with Gasteiger partial charge >= 0.3 is 6.18 Å². The number of nitrogens with two attached hydrogens (primary N) is 1. The average molecular weight is 265 g/mol. The molecule has 1 nitrogen and oxygen atoms in total. The number of halogens is 5. The molecule has 0 bridgehead atoms. The minimum atomic E-state index is -4.44. The average Bonchev–Trinajstić information content (AvgIpc) is 2.12. The van der Waals surface area contributed by atoms with Crippen molar-refractivity contribution in [1.82, 2.24) is 0 Å². The molecular formula is C12H12F5N. The van der Waals surface area contributed by atoms with Crippen LogP contribution in [0.3, 0.4) is 0 Å². The molecule has 1 saturated carbocycles. The monoisotopic (exact) mass is 265 g/mol. The van der Waals surface area contributed by atoms with Gasteiger partial charge in [0.05, 0.1) is 11.1 Å². The van der Waals surface area contributed by atoms with E-state index in [9.17, 15) is 22.0 Å². The zero-order valence-electron chi connectivity index (χ0n) is 9.61. The van der Waals surface area contributed by atoms with Crippen LogP contribution in [0.1, 0.15) is 29.5 Å². The van der Waals surface area contributed by atoms with Crippen molar-refractivity contribution < 1.29 is 22.0 Å². The Morgan fingerprint density at radius 1 is 1.17 bits per heavy atom. The predicted molar refractivity (Wildman–Crippen MR) is 56.2 cm³/mol. The number of aryl methyl sites for hydroxylation is 1. The van der Waals surface area contributed by atoms with Crippen LogP contribution in [0.2, 0.25) is 0 Å². The van der Waals surface area contributed by atoms with Crippen molar-refractivity contribution >= 4 is 0 Å². The summed E-state index contributed by atoms with van der Waals surface area (Å²) in [5, 5.41) is 0. The Morgan fingerprint density at radius 3 is 2.11 bits per heavy atom. The third-order valence-electron chi connectivity index (χ3n) is 3.24. The van der Waals surface area contributed by atoms with E-state index in [1.165, 1.54) is 13.0 Å². The lowest BCUT2D eigenvalue weighted by molar-refractivity contribution is -0.138. The second-order valence-corrected chi connectivity index (χ2v) is 4.89. The molecule has 0 heterocycles. The lowest BCUT2D eigenvalue weighted by atomic mass is 9.68. The van der Waals surface area contributed by atoms with E-state index >= 15 is 0 Å². The van der Waals surface area contributed by atoms with Gasteiger partial charge in [0.1, 0.15) is 0 Å². The zero-order chi connectivity index (χ0) is 13.8. The van der Waals surface area contributed by atoms with Crippen LogP contribution in [0.25, 0.3) is 0 Å². The Bertz CT molecular complexity index is 470. The van der Waals surface area contributed by atoms with Crippen molar-refractivity contribution in [1.29, 1.82) is 0 Å². The van der Waals surface area contributed by atoms with E-state index in [1.807, 2.05) is 0 Å². The summed E-state index contributed by atoms with van der Waals surface area (Å²) in [6.45, 7) is 1.45. The van der Waals surface area contributed by atoms with Gasteiger partial charge < -0.3 is 5.73 Å². The Morgan fingerprint density at radius 2 is 1.72 bits per heavy atom. The van der Waals surface area contributed by atoms with Crippen molar-refractivity contribution in [3.8, 4) is 0 Å². The highest BCUT2D eigenvalue weighted by Crippen LogP contribution is 2.50. The van der Waals surface area contributed by atoms with Crippen molar-refractivity contribution in [2.24, 2.45) is 5.73 Å². The predicted octanol–water partition coefficient (Wildman–Crippen LogP) is 3.60. The lowest BCUT2D eigenvalue weighted by Crippen LogP contribution is -2.55. The topological polar surface area (TPSA) is 26.0 Å². The van der Waals surface area contributed by atoms with Crippen LogP contribution >= 0.6 is 0 Å². The number of hydrogen-bond donors (Lipinski definition) is 1. The van der Waals surface area contributed by atoms with Crippen LogP contribution in [0, 0.1) is 6.92 Å². The summed E-state index contributed by atoms with van der Waals surface area (Å²) in [6, 6.07) is 3.03. The SMILES string of the molecule is Cc1cc(C(F)(F)F)ccc1C1(N)CC(F)(F)C1. The summed E-state index contributed by atoms with van der Waals surface area (Å²) in [4.78, 5) is 0. The molecule has 2 rings (SSSR count). The molecule has 2 N–H and O–H groups in total. The third-order valence-corrected chi connectivity index (χ3v) is 3.24. The minimum Gasteiger partial charge on any atom is -0.321 e. The smallest absolute Gasteiger partial charge is 0.321 e. The van der Waals surface area contributed by atoms with E-state index in [0.717, 1.165) is 12.1 Å². The normalized spacial score (nSPS) is 21.5. The maximum absolute atomic E-state index is 12.9. The fraction of sp³-hybridized carbons (Fsp3) is 0.500. The van der Waals surface area contributed by atoms with Crippen LogP contribution in [-0.4, -0.2) is 5.92 Å². The molecule has 6 heteroatoms. The van der Waals surface area contributed by atoms with Crippen molar-refractivity contribution in [2.45, 2.75) is 37.4 Å². The quantitative estimate of drug-likeness (QED) is 0.771. The molecule has 1 aromatic carbocycles. The fourth-order valence-corrected chi connectivity index (χ4v) is 2.46. The maximum Gasteiger partial charge on any atom is 0.416 e. The molecule has 1 aliphatic carbocycles. The molecule has 1 aliphatic rings. The third kappa shape index (κ3) is 2.21. The molecule has 0 aliphatic heterocycles. The molecule has 1 aromatic rings. The van der Waals surface area contributed by atoms with Crippen LogP contribution in [-0.2, 0) is 11.7 Å². The van der Waals surface area contributed by atoms with E-state index in [1.54, 1.807) is 0 Å². The highest BCUT2D eigenvalue weighted by Gasteiger charge is 2.55. The largest absolute Gasteiger partial charge is 0.416 e. The number of rotatable bonds is 1. The molecule has 0 aromatic heterocycles. The van der Waals surface area contributed by atoms with Crippen LogP contribution in [0.4, 0.5) is 22.0 Å². The second kappa shape index (κ2) is 3.66. The Kier molecular flexibility index (Phi) is 2.70. The molecule has 0 saturated heterocycles. The maximum atomic E-state index is 12.9. The first-order chi connectivity index (χ1) is 8.04. The van der Waals surface area contributed by atoms with Crippen molar-refractivity contribution in [2.75, 3.05) is 0 Å². The number of alkyl halides is 5. The van der Waals surface area contributed by atoms with Gasteiger partial charge in [-0.1, -0.05) is 6.07 Å². The van der Waals surface area contributed by atoms with Crippen molar-refractivity contribution in [3.05, 3.63) is 34.9 Å². The molecule has 0 spiro atoms. The van der Waals surface area contributed by atoms with Gasteiger partial charge in [0.25, 0.3) is 5.92 Å². The van der Waals surface area contributed by atoms with Gasteiger partial charge in [-0.05, 0) is 30.2 Å². The summed E-state index contributed by atoms with van der Waals surface area (Å²) in [7, 11) is 0. The van der Waals surface area contributed by atoms with E-state index in [4.69, 9.17) is 5.73 Å². The minimum absolute atomic E-state index is 0.294. The summed E-state index contributed by atoms with van der Waals surface area (Å²) in [6.07, 6.45) is -5.48. The second-order valence-electron chi connectivity index (χ2n) is 4.89. The van der Waals surface area contributed by atoms with E-state index in [0.29, 0.717) is 11.1 Å². The standard InChI is InChI=1S/C12H12F5N/c1-7-4-8(12(15,16)17)2-3-9(7)10(18)5-11(13,14)6-10/h2-4H,5-6,18H2,1H3. The molecule has 100 valence electrons. The molecule has 18 heavy (non-hydrogen) atoms. The molecular weight excluding hydrogens is 253 g/mol. The van der Waals surface area contributed by atoms with Gasteiger partial charge in [-0.3, -0.25) is 0 Å². The molecule has 1 fully saturated rings. The molecule has 0 radical (unpaired) electrons. The summed E-state index contributed by atoms with van der Waals surface area (Å²) in [5.41, 5.74) is 4.45. The lowest BCUT2D eigenvalue weighted by Gasteiger charge is -2.45. The van der Waals surface area contributed by atoms with E-state index < -0.39 is 36.0 Å². The molecule has 0 unspecified atom stereocenters. The molecule has 0 atom stereocenters. The summed E-state index contributed by atoms with van der Waals surface area (Å²) in [5.74, 6) is -2.82. The number of benzene rings is 1. The van der Waals surface area contributed by atoms with Gasteiger partial charge in [-0.15, -0.1) is 0 Å². The van der Waals surface area contributed by atoms with Gasteiger partial charge in [0.2, 0.25) is 0 Å². The highest BCUT2D eigenvalue weighted by molar-refractivity contribution is 5.39. The van der Waals surface area contributed by atoms with Gasteiger partial charge in [-0.25, -0.2) is 8.78 Å². The first-order valence-electron chi connectivity index (χ1n) is 5.39. The van der Waals surface area contributed by atoms with E-state index in [2.05, 4.69) is 0 Å². The Hall–Kier alpha value is -1.17. The highest BCUT2D eigenvalue weighted by atomic mass is 19.4. The van der Waals surface area contributed by atoms with Crippen molar-refractivity contribution in [3.63, 3.8) is 0 Å². The van der Waals surface area contributed by atoms with Gasteiger partial charge in [0.15, 0.2) is 0 Å². The summed E-state index contributed by atoms with van der Waals surface area (Å²) >= 11 is 0. The van der Waals surface area contributed by atoms with Crippen LogP contribution < -0.4 is 5.73 Å². The van der Waals surface area contributed by atoms with Gasteiger partial charge in [0, 0.05) is 12.8 Å². The first kappa shape index (κ1) is 13.3. The fourth-order valence-electron chi connectivity index (χ4n) is 2.46. The number of hydrogen-bond acceptors (Lipinski definition) is 1. The molecule has 0 amide bonds. The van der Waals surface area contributed by atoms with Crippen LogP contribution in [0.5, 0.6) is 0 Å². The Labute approximate surface area is 101 Å². The summed E-state index contributed by atoms with van der Waals surface area (Å²) < 4.78 is 63.1. The van der Waals surface area contributed by atoms with Gasteiger partial charge in [-0.2, -0.15) is 13.2 Å². The van der Waals surface area contributed by atoms with Crippen LogP contribution in [0.15, 0.2) is 18.2 Å². The Balaban J connectivity index is 2.32.